The van der Waals surface area contributed by atoms with Gasteiger partial charge in [0.05, 0.1) is 0 Å². The highest BCUT2D eigenvalue weighted by Crippen LogP contribution is 2.41. The van der Waals surface area contributed by atoms with Crippen molar-refractivity contribution in [1.82, 2.24) is 15.4 Å². The van der Waals surface area contributed by atoms with E-state index < -0.39 is 0 Å². The van der Waals surface area contributed by atoms with Gasteiger partial charge in [0.15, 0.2) is 0 Å². The van der Waals surface area contributed by atoms with Gasteiger partial charge in [0.2, 0.25) is 0 Å². The zero-order valence-corrected chi connectivity index (χ0v) is 18.5. The van der Waals surface area contributed by atoms with Crippen LogP contribution in [0, 0.1) is 41.5 Å². The normalized spacial score (nSPS) is 11.0. The molecular formula is C27H27N3. The van der Waals surface area contributed by atoms with Crippen LogP contribution in [0.2, 0.25) is 0 Å². The maximum atomic E-state index is 4.58. The van der Waals surface area contributed by atoms with Crippen LogP contribution in [0.25, 0.3) is 33.6 Å². The van der Waals surface area contributed by atoms with Crippen molar-refractivity contribution in [3.8, 4) is 33.6 Å². The molecular weight excluding hydrogens is 366 g/mol. The monoisotopic (exact) mass is 393 g/mol. The highest BCUT2D eigenvalue weighted by Gasteiger charge is 2.22. The quantitative estimate of drug-likeness (QED) is 0.388. The summed E-state index contributed by atoms with van der Waals surface area (Å²) >= 11 is 0. The first kappa shape index (κ1) is 20.0. The van der Waals surface area contributed by atoms with Crippen LogP contribution in [0.1, 0.15) is 33.4 Å². The van der Waals surface area contributed by atoms with E-state index in [1.54, 1.807) is 0 Å². The Labute approximate surface area is 178 Å². The zero-order chi connectivity index (χ0) is 21.4. The lowest BCUT2D eigenvalue weighted by Gasteiger charge is -2.18. The van der Waals surface area contributed by atoms with Crippen molar-refractivity contribution in [3.05, 3.63) is 88.0 Å². The number of benzene rings is 3. The van der Waals surface area contributed by atoms with E-state index in [2.05, 4.69) is 112 Å². The molecule has 0 amide bonds. The molecule has 0 spiro atoms. The summed E-state index contributed by atoms with van der Waals surface area (Å²) in [5, 5.41) is 13.4. The molecule has 0 aliphatic rings. The van der Waals surface area contributed by atoms with Gasteiger partial charge in [0, 0.05) is 16.7 Å². The lowest BCUT2D eigenvalue weighted by molar-refractivity contribution is 0.877. The van der Waals surface area contributed by atoms with Gasteiger partial charge in [-0.2, -0.15) is 0 Å². The van der Waals surface area contributed by atoms with Gasteiger partial charge in [-0.3, -0.25) is 0 Å². The van der Waals surface area contributed by atoms with Crippen LogP contribution in [-0.2, 0) is 0 Å². The van der Waals surface area contributed by atoms with E-state index in [4.69, 9.17) is 0 Å². The Kier molecular flexibility index (Phi) is 5.21. The molecule has 0 unspecified atom stereocenters. The number of hydrogen-bond acceptors (Lipinski definition) is 3. The molecule has 30 heavy (non-hydrogen) atoms. The average molecular weight is 394 g/mol. The number of hydrogen-bond donors (Lipinski definition) is 0. The molecule has 0 saturated heterocycles. The van der Waals surface area contributed by atoms with Crippen LogP contribution in [0.15, 0.2) is 54.6 Å². The van der Waals surface area contributed by atoms with Crippen molar-refractivity contribution in [1.29, 1.82) is 0 Å². The number of nitrogens with zero attached hydrogens (tertiary/aromatic N) is 3. The fourth-order valence-electron chi connectivity index (χ4n) is 3.99. The lowest BCUT2D eigenvalue weighted by atomic mass is 9.88. The Morgan fingerprint density at radius 2 is 0.833 bits per heavy atom. The summed E-state index contributed by atoms with van der Waals surface area (Å²) in [6.07, 6.45) is 0. The first-order valence-corrected chi connectivity index (χ1v) is 10.3. The molecule has 0 bridgehead atoms. The second-order valence-electron chi connectivity index (χ2n) is 8.10. The molecule has 4 aromatic rings. The van der Waals surface area contributed by atoms with Gasteiger partial charge in [-0.25, -0.2) is 0 Å². The van der Waals surface area contributed by atoms with Crippen molar-refractivity contribution >= 4 is 0 Å². The fourth-order valence-corrected chi connectivity index (χ4v) is 3.99. The molecule has 0 atom stereocenters. The molecule has 0 aliphatic heterocycles. The maximum Gasteiger partial charge on any atom is 0.105 e. The topological polar surface area (TPSA) is 38.7 Å². The van der Waals surface area contributed by atoms with Gasteiger partial charge in [0.25, 0.3) is 0 Å². The van der Waals surface area contributed by atoms with E-state index in [-0.39, 0.29) is 0 Å². The third-order valence-corrected chi connectivity index (χ3v) is 6.36. The second kappa shape index (κ2) is 7.83. The third kappa shape index (κ3) is 3.30. The Bertz CT molecular complexity index is 1190. The molecule has 0 saturated carbocycles. The first-order chi connectivity index (χ1) is 14.4. The smallest absolute Gasteiger partial charge is 0.105 e. The molecule has 1 heterocycles. The number of rotatable bonds is 3. The van der Waals surface area contributed by atoms with Crippen molar-refractivity contribution in [3.63, 3.8) is 0 Å². The van der Waals surface area contributed by atoms with Gasteiger partial charge < -0.3 is 0 Å². The van der Waals surface area contributed by atoms with Crippen molar-refractivity contribution in [2.24, 2.45) is 0 Å². The Balaban J connectivity index is 2.14. The third-order valence-electron chi connectivity index (χ3n) is 6.36. The van der Waals surface area contributed by atoms with Crippen molar-refractivity contribution in [2.75, 3.05) is 0 Å². The molecule has 4 rings (SSSR count). The van der Waals surface area contributed by atoms with E-state index in [1.165, 1.54) is 33.4 Å². The van der Waals surface area contributed by atoms with Gasteiger partial charge in [-0.1, -0.05) is 54.6 Å². The van der Waals surface area contributed by atoms with Gasteiger partial charge in [-0.15, -0.1) is 10.2 Å². The minimum Gasteiger partial charge on any atom is -0.129 e. The molecule has 3 heteroatoms. The maximum absolute atomic E-state index is 4.58. The van der Waals surface area contributed by atoms with E-state index >= 15 is 0 Å². The molecule has 150 valence electrons. The Hall–Kier alpha value is -3.33. The van der Waals surface area contributed by atoms with Crippen LogP contribution in [0.5, 0.6) is 0 Å². The molecule has 0 N–H and O–H groups in total. The summed E-state index contributed by atoms with van der Waals surface area (Å²) in [4.78, 5) is 0. The summed E-state index contributed by atoms with van der Waals surface area (Å²) in [6, 6.07) is 19.1. The summed E-state index contributed by atoms with van der Waals surface area (Å²) in [7, 11) is 0. The summed E-state index contributed by atoms with van der Waals surface area (Å²) in [5.74, 6) is 0. The molecule has 3 aromatic carbocycles. The van der Waals surface area contributed by atoms with E-state index in [1.807, 2.05) is 0 Å². The predicted octanol–water partition coefficient (Wildman–Crippen LogP) is 6.72. The van der Waals surface area contributed by atoms with Crippen LogP contribution in [-0.4, -0.2) is 15.4 Å². The van der Waals surface area contributed by atoms with E-state index in [0.717, 1.165) is 33.6 Å². The van der Waals surface area contributed by atoms with E-state index in [9.17, 15) is 0 Å². The fraction of sp³-hybridized carbons (Fsp3) is 0.222. The summed E-state index contributed by atoms with van der Waals surface area (Å²) in [5.41, 5.74) is 13.6. The highest BCUT2D eigenvalue weighted by molar-refractivity contribution is 5.93. The second-order valence-corrected chi connectivity index (χ2v) is 8.10. The van der Waals surface area contributed by atoms with Crippen LogP contribution < -0.4 is 0 Å². The average Bonchev–Trinajstić information content (AvgIpc) is 2.74. The van der Waals surface area contributed by atoms with Gasteiger partial charge >= 0.3 is 0 Å². The SMILES string of the molecule is Cc1cccc(-c2nnnc(-c3cccc(C)c3C)c2-c2cccc(C)c2C)c1C. The standard InChI is InChI=1S/C27H27N3/c1-16-10-7-13-22(19(16)4)25-26(23-14-8-11-17(2)20(23)5)28-30-29-27(25)24-15-9-12-18(3)21(24)6/h7-15H,1-6H3. The van der Waals surface area contributed by atoms with Gasteiger partial charge in [-0.05, 0) is 85.7 Å². The molecule has 0 radical (unpaired) electrons. The largest absolute Gasteiger partial charge is 0.129 e. The Morgan fingerprint density at radius 3 is 1.27 bits per heavy atom. The summed E-state index contributed by atoms with van der Waals surface area (Å²) in [6.45, 7) is 12.9. The lowest BCUT2D eigenvalue weighted by Crippen LogP contribution is -2.04. The van der Waals surface area contributed by atoms with Gasteiger partial charge in [0.1, 0.15) is 11.4 Å². The zero-order valence-electron chi connectivity index (χ0n) is 18.5. The Morgan fingerprint density at radius 1 is 0.467 bits per heavy atom. The minimum atomic E-state index is 0.885. The minimum absolute atomic E-state index is 0.885. The molecule has 3 nitrogen and oxygen atoms in total. The first-order valence-electron chi connectivity index (χ1n) is 10.3. The highest BCUT2D eigenvalue weighted by atomic mass is 15.3. The van der Waals surface area contributed by atoms with Crippen LogP contribution in [0.4, 0.5) is 0 Å². The molecule has 0 aliphatic carbocycles. The van der Waals surface area contributed by atoms with E-state index in [0.29, 0.717) is 0 Å². The predicted molar refractivity (Wildman–Crippen MR) is 125 cm³/mol. The van der Waals surface area contributed by atoms with Crippen LogP contribution >= 0.6 is 0 Å². The van der Waals surface area contributed by atoms with Crippen molar-refractivity contribution < 1.29 is 0 Å². The van der Waals surface area contributed by atoms with Crippen molar-refractivity contribution in [2.45, 2.75) is 41.5 Å². The molecule has 1 aromatic heterocycles. The van der Waals surface area contributed by atoms with Crippen LogP contribution in [0.3, 0.4) is 0 Å². The number of aryl methyl sites for hydroxylation is 3. The molecule has 0 fully saturated rings. The summed E-state index contributed by atoms with van der Waals surface area (Å²) < 4.78 is 0. The number of aromatic nitrogens is 3.